The normalized spacial score (nSPS) is 15.6. The van der Waals surface area contributed by atoms with Crippen molar-refractivity contribution in [1.29, 1.82) is 0 Å². The smallest absolute Gasteiger partial charge is 0.387 e. The number of hydrogen-bond acceptors (Lipinski definition) is 2. The van der Waals surface area contributed by atoms with Gasteiger partial charge in [0, 0.05) is 6.04 Å². The van der Waals surface area contributed by atoms with Crippen LogP contribution >= 0.6 is 0 Å². The zero-order chi connectivity index (χ0) is 17.0. The van der Waals surface area contributed by atoms with E-state index >= 15 is 0 Å². The summed E-state index contributed by atoms with van der Waals surface area (Å²) in [5, 5.41) is 2.65. The molecule has 1 N–H and O–H groups in total. The van der Waals surface area contributed by atoms with Gasteiger partial charge in [0.1, 0.15) is 5.75 Å². The van der Waals surface area contributed by atoms with Gasteiger partial charge in [-0.1, -0.05) is 12.1 Å². The zero-order valence-electron chi connectivity index (χ0n) is 12.5. The van der Waals surface area contributed by atoms with Crippen molar-refractivity contribution in [3.63, 3.8) is 0 Å². The molecule has 0 saturated heterocycles. The number of alkyl halides is 4. The molecule has 128 valence electrons. The highest BCUT2D eigenvalue weighted by Gasteiger charge is 2.34. The van der Waals surface area contributed by atoms with Gasteiger partial charge in [-0.15, -0.1) is 0 Å². The topological polar surface area (TPSA) is 41.6 Å². The Kier molecular flexibility index (Phi) is 5.68. The average Bonchev–Trinajstić information content (AvgIpc) is 3.29. The van der Waals surface area contributed by atoms with E-state index in [0.717, 1.165) is 17.7 Å². The molecule has 0 spiro atoms. The number of nitrogens with one attached hydrogen (secondary N) is 1. The molecule has 23 heavy (non-hydrogen) atoms. The van der Waals surface area contributed by atoms with Crippen molar-refractivity contribution < 1.29 is 27.1 Å². The molecule has 1 aromatic carbocycles. The molecule has 8 heteroatoms. The lowest BCUT2D eigenvalue weighted by Gasteiger charge is -2.25. The molecular formula is C15H18F4N2O2. The Morgan fingerprint density at radius 2 is 1.87 bits per heavy atom. The third kappa shape index (κ3) is 5.30. The predicted octanol–water partition coefficient (Wildman–Crippen LogP) is 3.79. The summed E-state index contributed by atoms with van der Waals surface area (Å²) in [6.07, 6.45) is -1.12. The van der Waals surface area contributed by atoms with E-state index in [1.807, 2.05) is 0 Å². The summed E-state index contributed by atoms with van der Waals surface area (Å²) in [7, 11) is 0. The molecule has 0 bridgehead atoms. The molecule has 0 aromatic heterocycles. The highest BCUT2D eigenvalue weighted by Crippen LogP contribution is 2.28. The van der Waals surface area contributed by atoms with Crippen LogP contribution < -0.4 is 10.1 Å². The van der Waals surface area contributed by atoms with Gasteiger partial charge in [-0.2, -0.15) is 8.78 Å². The van der Waals surface area contributed by atoms with Crippen LogP contribution in [0.4, 0.5) is 22.4 Å². The minimum Gasteiger partial charge on any atom is -0.435 e. The van der Waals surface area contributed by atoms with Crippen LogP contribution in [0.1, 0.15) is 31.4 Å². The monoisotopic (exact) mass is 334 g/mol. The van der Waals surface area contributed by atoms with Gasteiger partial charge in [0.2, 0.25) is 0 Å². The Labute approximate surface area is 131 Å². The summed E-state index contributed by atoms with van der Waals surface area (Å²) in [4.78, 5) is 13.3. The molecule has 1 fully saturated rings. The van der Waals surface area contributed by atoms with Gasteiger partial charge in [0.15, 0.2) is 0 Å². The van der Waals surface area contributed by atoms with Gasteiger partial charge in [0.05, 0.1) is 12.6 Å². The molecule has 1 atom stereocenters. The Morgan fingerprint density at radius 1 is 1.26 bits per heavy atom. The highest BCUT2D eigenvalue weighted by molar-refractivity contribution is 5.75. The van der Waals surface area contributed by atoms with Crippen molar-refractivity contribution in [2.45, 2.75) is 44.9 Å². The standard InChI is InChI=1S/C15H18F4N2O2/c1-9(10-2-6-12(7-3-10)23-14(18)19)20-15(22)21(8-13(16)17)11-4-5-11/h2-3,6-7,9,11,13-14H,4-5,8H2,1H3,(H,20,22)/t9-/m1/s1. The maximum atomic E-state index is 12.5. The molecule has 2 amide bonds. The first-order valence-electron chi connectivity index (χ1n) is 7.27. The minimum absolute atomic E-state index is 0.0135. The molecule has 1 saturated carbocycles. The number of rotatable bonds is 7. The largest absolute Gasteiger partial charge is 0.435 e. The third-order valence-corrected chi connectivity index (χ3v) is 3.53. The number of carbonyl (C=O) groups is 1. The molecule has 0 aliphatic heterocycles. The van der Waals surface area contributed by atoms with Crippen LogP contribution in [0.15, 0.2) is 24.3 Å². The SMILES string of the molecule is C[C@@H](NC(=O)N(CC(F)F)C1CC1)c1ccc(OC(F)F)cc1. The van der Waals surface area contributed by atoms with Gasteiger partial charge in [-0.25, -0.2) is 13.6 Å². The molecule has 1 aliphatic carbocycles. The summed E-state index contributed by atoms with van der Waals surface area (Å²) in [5.41, 5.74) is 0.660. The summed E-state index contributed by atoms with van der Waals surface area (Å²) >= 11 is 0. The van der Waals surface area contributed by atoms with Gasteiger partial charge < -0.3 is 15.0 Å². The van der Waals surface area contributed by atoms with Gasteiger partial charge in [-0.3, -0.25) is 0 Å². The molecule has 1 aliphatic rings. The summed E-state index contributed by atoms with van der Waals surface area (Å²) < 4.78 is 53.5. The number of halogens is 4. The lowest BCUT2D eigenvalue weighted by atomic mass is 10.1. The molecule has 0 radical (unpaired) electrons. The number of nitrogens with zero attached hydrogens (tertiary/aromatic N) is 1. The zero-order valence-corrected chi connectivity index (χ0v) is 12.5. The van der Waals surface area contributed by atoms with E-state index in [-0.39, 0.29) is 11.8 Å². The average molecular weight is 334 g/mol. The minimum atomic E-state index is -2.90. The Morgan fingerprint density at radius 3 is 2.35 bits per heavy atom. The molecule has 2 rings (SSSR count). The second-order valence-electron chi connectivity index (χ2n) is 5.39. The Hall–Kier alpha value is -1.99. The van der Waals surface area contributed by atoms with Crippen molar-refractivity contribution >= 4 is 6.03 Å². The van der Waals surface area contributed by atoms with E-state index in [1.165, 1.54) is 24.3 Å². The van der Waals surface area contributed by atoms with E-state index in [9.17, 15) is 22.4 Å². The van der Waals surface area contributed by atoms with E-state index < -0.39 is 31.7 Å². The third-order valence-electron chi connectivity index (χ3n) is 3.53. The second-order valence-corrected chi connectivity index (χ2v) is 5.39. The fourth-order valence-electron chi connectivity index (χ4n) is 2.22. The van der Waals surface area contributed by atoms with Crippen LogP contribution in [0.5, 0.6) is 5.75 Å². The molecule has 0 heterocycles. The number of hydrogen-bond donors (Lipinski definition) is 1. The van der Waals surface area contributed by atoms with E-state index in [4.69, 9.17) is 0 Å². The van der Waals surface area contributed by atoms with Crippen LogP contribution in [0, 0.1) is 0 Å². The first-order valence-corrected chi connectivity index (χ1v) is 7.27. The van der Waals surface area contributed by atoms with Gasteiger partial charge >= 0.3 is 12.6 Å². The van der Waals surface area contributed by atoms with Crippen molar-refractivity contribution in [3.05, 3.63) is 29.8 Å². The maximum absolute atomic E-state index is 12.5. The van der Waals surface area contributed by atoms with Gasteiger partial charge in [-0.05, 0) is 37.5 Å². The number of urea groups is 1. The molecule has 1 aromatic rings. The van der Waals surface area contributed by atoms with Crippen molar-refractivity contribution in [2.24, 2.45) is 0 Å². The molecule has 4 nitrogen and oxygen atoms in total. The fourth-order valence-corrected chi connectivity index (χ4v) is 2.22. The van der Waals surface area contributed by atoms with Crippen molar-refractivity contribution in [2.75, 3.05) is 6.54 Å². The number of benzene rings is 1. The van der Waals surface area contributed by atoms with E-state index in [1.54, 1.807) is 6.92 Å². The van der Waals surface area contributed by atoms with E-state index in [0.29, 0.717) is 5.56 Å². The van der Waals surface area contributed by atoms with Crippen LogP contribution in [0.2, 0.25) is 0 Å². The summed E-state index contributed by atoms with van der Waals surface area (Å²) in [6, 6.07) is 4.69. The summed E-state index contributed by atoms with van der Waals surface area (Å²) in [6.45, 7) is -1.81. The first kappa shape index (κ1) is 17.4. The second kappa shape index (κ2) is 7.52. The fraction of sp³-hybridized carbons (Fsp3) is 0.533. The molecular weight excluding hydrogens is 316 g/mol. The van der Waals surface area contributed by atoms with E-state index in [2.05, 4.69) is 10.1 Å². The van der Waals surface area contributed by atoms with Gasteiger partial charge in [0.25, 0.3) is 6.43 Å². The van der Waals surface area contributed by atoms with Crippen LogP contribution in [-0.2, 0) is 0 Å². The Balaban J connectivity index is 1.94. The number of ether oxygens (including phenoxy) is 1. The first-order chi connectivity index (χ1) is 10.9. The molecule has 0 unspecified atom stereocenters. The quantitative estimate of drug-likeness (QED) is 0.771. The lowest BCUT2D eigenvalue weighted by Crippen LogP contribution is -2.44. The summed E-state index contributed by atoms with van der Waals surface area (Å²) in [5.74, 6) is 0.0135. The Bertz CT molecular complexity index is 521. The predicted molar refractivity (Wildman–Crippen MR) is 75.8 cm³/mol. The van der Waals surface area contributed by atoms with Crippen molar-refractivity contribution in [1.82, 2.24) is 10.2 Å². The van der Waals surface area contributed by atoms with Crippen molar-refractivity contribution in [3.8, 4) is 5.75 Å². The van der Waals surface area contributed by atoms with Crippen LogP contribution in [-0.4, -0.2) is 36.6 Å². The maximum Gasteiger partial charge on any atom is 0.387 e. The van der Waals surface area contributed by atoms with Crippen LogP contribution in [0.3, 0.4) is 0 Å². The number of amides is 2. The lowest BCUT2D eigenvalue weighted by molar-refractivity contribution is -0.0498. The van der Waals surface area contributed by atoms with Crippen LogP contribution in [0.25, 0.3) is 0 Å². The highest BCUT2D eigenvalue weighted by atomic mass is 19.3. The number of carbonyl (C=O) groups excluding carboxylic acids is 1.